The molecule has 524 valence electrons. The van der Waals surface area contributed by atoms with Crippen LogP contribution in [0, 0.1) is 17.8 Å². The third-order valence-corrected chi connectivity index (χ3v) is 18.5. The third kappa shape index (κ3) is 60.3. The molecule has 0 radical (unpaired) electrons. The molecule has 0 rings (SSSR count). The van der Waals surface area contributed by atoms with Gasteiger partial charge >= 0.3 is 39.5 Å². The van der Waals surface area contributed by atoms with Crippen LogP contribution in [0.25, 0.3) is 0 Å². The second-order valence-electron chi connectivity index (χ2n) is 25.3. The van der Waals surface area contributed by atoms with Crippen LogP contribution in [0.2, 0.25) is 0 Å². The van der Waals surface area contributed by atoms with Crippen molar-refractivity contribution in [3.63, 3.8) is 0 Å². The predicted octanol–water partition coefficient (Wildman–Crippen LogP) is 19.4. The first-order chi connectivity index (χ1) is 42.8. The summed E-state index contributed by atoms with van der Waals surface area (Å²) in [6, 6.07) is 0. The molecule has 0 saturated heterocycles. The number of phosphoric acid groups is 2. The van der Waals surface area contributed by atoms with Crippen LogP contribution in [-0.4, -0.2) is 96.7 Å². The summed E-state index contributed by atoms with van der Waals surface area (Å²) in [5, 5.41) is 10.6. The van der Waals surface area contributed by atoms with Crippen LogP contribution in [0.3, 0.4) is 0 Å². The normalized spacial score (nSPS) is 15.3. The molecule has 0 spiro atoms. The number of aliphatic hydroxyl groups excluding tert-OH is 1. The maximum Gasteiger partial charge on any atom is 0.472 e. The quantitative estimate of drug-likeness (QED) is 0.0169. The van der Waals surface area contributed by atoms with Crippen molar-refractivity contribution < 1.29 is 80.2 Å². The molecule has 5 unspecified atom stereocenters. The zero-order chi connectivity index (χ0) is 65.9. The second kappa shape index (κ2) is 60.5. The van der Waals surface area contributed by atoms with Gasteiger partial charge in [-0.3, -0.25) is 37.3 Å². The maximum absolute atomic E-state index is 13.0. The van der Waals surface area contributed by atoms with Gasteiger partial charge in [0.1, 0.15) is 19.3 Å². The highest BCUT2D eigenvalue weighted by Crippen LogP contribution is 2.45. The summed E-state index contributed by atoms with van der Waals surface area (Å²) in [4.78, 5) is 72.5. The average molecular weight is 1310 g/mol. The molecule has 0 amide bonds. The standard InChI is InChI=1S/C70H132O17P2/c1-8-12-13-14-15-16-17-18-19-20-21-25-28-39-46-53-69(74)86-65(57-80-67(72)51-44-37-32-30-35-42-49-62(6)10-3)59-84-88(76,77)82-55-64(71)56-83-89(78,79)85-60-66(58-81-68(73)52-45-38-33-31-36-43-50-63(7)11-4)87-70(75)54-47-40-29-26-23-22-24-27-34-41-48-61(5)9-2/h16-19,61-66,71H,8-15,20-60H2,1-7H3,(H,76,77)(H,78,79)/b17-16-,19-18-/t61?,62?,63?,64-,65+,66+/m0/s1. The van der Waals surface area contributed by atoms with Crippen molar-refractivity contribution in [2.24, 2.45) is 17.8 Å². The zero-order valence-corrected chi connectivity index (χ0v) is 59.2. The molecule has 17 nitrogen and oxygen atoms in total. The highest BCUT2D eigenvalue weighted by Gasteiger charge is 2.30. The summed E-state index contributed by atoms with van der Waals surface area (Å²) in [6.45, 7) is 11.7. The molecule has 0 aliphatic carbocycles. The van der Waals surface area contributed by atoms with Gasteiger partial charge in [0.15, 0.2) is 12.2 Å². The van der Waals surface area contributed by atoms with Gasteiger partial charge < -0.3 is 33.8 Å². The Balaban J connectivity index is 5.30. The van der Waals surface area contributed by atoms with Crippen LogP contribution in [0.5, 0.6) is 0 Å². The topological polar surface area (TPSA) is 237 Å². The molecule has 3 N–H and O–H groups in total. The van der Waals surface area contributed by atoms with E-state index in [1.807, 2.05) is 0 Å². The summed E-state index contributed by atoms with van der Waals surface area (Å²) in [7, 11) is -9.91. The van der Waals surface area contributed by atoms with E-state index in [0.29, 0.717) is 25.7 Å². The molecule has 0 aromatic carbocycles. The van der Waals surface area contributed by atoms with Crippen LogP contribution in [0.1, 0.15) is 325 Å². The summed E-state index contributed by atoms with van der Waals surface area (Å²) in [5.41, 5.74) is 0. The summed E-state index contributed by atoms with van der Waals surface area (Å²) in [5.74, 6) is 0.0981. The first-order valence-electron chi connectivity index (χ1n) is 35.8. The number of phosphoric ester groups is 2. The number of ether oxygens (including phenoxy) is 4. The fourth-order valence-electron chi connectivity index (χ4n) is 9.90. The Hall–Kier alpha value is -2.46. The van der Waals surface area contributed by atoms with E-state index in [1.54, 1.807) is 0 Å². The van der Waals surface area contributed by atoms with Crippen LogP contribution >= 0.6 is 15.6 Å². The summed E-state index contributed by atoms with van der Waals surface area (Å²) >= 11 is 0. The second-order valence-corrected chi connectivity index (χ2v) is 28.2. The molecule has 0 aromatic heterocycles. The van der Waals surface area contributed by atoms with Gasteiger partial charge in [0.25, 0.3) is 0 Å². The van der Waals surface area contributed by atoms with E-state index in [2.05, 4.69) is 72.8 Å². The van der Waals surface area contributed by atoms with E-state index < -0.39 is 97.5 Å². The lowest BCUT2D eigenvalue weighted by Gasteiger charge is -2.21. The number of esters is 4. The summed E-state index contributed by atoms with van der Waals surface area (Å²) in [6.07, 6.45) is 46.6. The minimum atomic E-state index is -4.96. The van der Waals surface area contributed by atoms with Crippen molar-refractivity contribution in [1.82, 2.24) is 0 Å². The maximum atomic E-state index is 13.0. The number of unbranched alkanes of at least 4 members (excludes halogenated alkanes) is 28. The van der Waals surface area contributed by atoms with Crippen molar-refractivity contribution in [2.45, 2.75) is 343 Å². The molecule has 0 fully saturated rings. The smallest absolute Gasteiger partial charge is 0.462 e. The van der Waals surface area contributed by atoms with Gasteiger partial charge in [-0.25, -0.2) is 9.13 Å². The Kier molecular flexibility index (Phi) is 58.8. The van der Waals surface area contributed by atoms with Crippen LogP contribution in [0.4, 0.5) is 0 Å². The average Bonchev–Trinajstić information content (AvgIpc) is 3.66. The number of rotatable bonds is 66. The lowest BCUT2D eigenvalue weighted by molar-refractivity contribution is -0.161. The highest BCUT2D eigenvalue weighted by atomic mass is 31.2. The van der Waals surface area contributed by atoms with E-state index in [9.17, 15) is 43.2 Å². The zero-order valence-electron chi connectivity index (χ0n) is 57.4. The highest BCUT2D eigenvalue weighted by molar-refractivity contribution is 7.47. The van der Waals surface area contributed by atoms with E-state index in [1.165, 1.54) is 109 Å². The Morgan fingerprint density at radius 3 is 0.944 bits per heavy atom. The molecule has 8 atom stereocenters. The molecule has 0 aliphatic heterocycles. The SMILES string of the molecule is CCCCCC/C=C\C=C/CCCCCCCC(=O)O[C@H](COC(=O)CCCCCCCCC(C)CC)COP(=O)(O)OC[C@H](O)COP(=O)(O)OC[C@@H](COC(=O)CCCCCCCCC(C)CC)OC(=O)CCCCCCCCCCCCC(C)CC. The van der Waals surface area contributed by atoms with E-state index >= 15 is 0 Å². The molecule has 19 heteroatoms. The molecule has 0 bridgehead atoms. The van der Waals surface area contributed by atoms with Crippen molar-refractivity contribution in [2.75, 3.05) is 39.6 Å². The first-order valence-corrected chi connectivity index (χ1v) is 38.8. The summed E-state index contributed by atoms with van der Waals surface area (Å²) < 4.78 is 68.2. The fraction of sp³-hybridized carbons (Fsp3) is 0.886. The molecule has 89 heavy (non-hydrogen) atoms. The van der Waals surface area contributed by atoms with Crippen LogP contribution < -0.4 is 0 Å². The minimum Gasteiger partial charge on any atom is -0.462 e. The Labute approximate surface area is 542 Å². The number of hydrogen-bond acceptors (Lipinski definition) is 15. The number of hydrogen-bond donors (Lipinski definition) is 3. The first kappa shape index (κ1) is 86.5. The van der Waals surface area contributed by atoms with E-state index in [0.717, 1.165) is 133 Å². The molecule has 0 aromatic rings. The van der Waals surface area contributed by atoms with Crippen molar-refractivity contribution in [3.8, 4) is 0 Å². The number of carbonyl (C=O) groups is 4. The van der Waals surface area contributed by atoms with Crippen LogP contribution in [0.15, 0.2) is 24.3 Å². The third-order valence-electron chi connectivity index (χ3n) is 16.6. The molecule has 0 aliphatic rings. The minimum absolute atomic E-state index is 0.0835. The van der Waals surface area contributed by atoms with E-state index in [4.69, 9.17) is 37.0 Å². The monoisotopic (exact) mass is 1310 g/mol. The Morgan fingerprint density at radius 1 is 0.360 bits per heavy atom. The van der Waals surface area contributed by atoms with Gasteiger partial charge in [-0.2, -0.15) is 0 Å². The van der Waals surface area contributed by atoms with Gasteiger partial charge in [-0.15, -0.1) is 0 Å². The number of aliphatic hydroxyl groups is 1. The van der Waals surface area contributed by atoms with Gasteiger partial charge in [0.05, 0.1) is 26.4 Å². The number of allylic oxidation sites excluding steroid dienone is 4. The molecule has 0 saturated carbocycles. The van der Waals surface area contributed by atoms with Crippen molar-refractivity contribution >= 4 is 39.5 Å². The van der Waals surface area contributed by atoms with Gasteiger partial charge in [-0.05, 0) is 69.1 Å². The van der Waals surface area contributed by atoms with Crippen LogP contribution in [-0.2, 0) is 65.4 Å². The Bertz CT molecular complexity index is 1850. The van der Waals surface area contributed by atoms with Gasteiger partial charge in [0, 0.05) is 25.7 Å². The van der Waals surface area contributed by atoms with Crippen molar-refractivity contribution in [3.05, 3.63) is 24.3 Å². The van der Waals surface area contributed by atoms with E-state index in [-0.39, 0.29) is 25.7 Å². The number of carbonyl (C=O) groups excluding carboxylic acids is 4. The largest absolute Gasteiger partial charge is 0.472 e. The van der Waals surface area contributed by atoms with Gasteiger partial charge in [-0.1, -0.05) is 272 Å². The fourth-order valence-corrected chi connectivity index (χ4v) is 11.5. The lowest BCUT2D eigenvalue weighted by Crippen LogP contribution is -2.30. The predicted molar refractivity (Wildman–Crippen MR) is 358 cm³/mol. The Morgan fingerprint density at radius 2 is 0.629 bits per heavy atom. The molecular formula is C70H132O17P2. The molecule has 0 heterocycles. The van der Waals surface area contributed by atoms with Gasteiger partial charge in [0.2, 0.25) is 0 Å². The lowest BCUT2D eigenvalue weighted by atomic mass is 9.99. The van der Waals surface area contributed by atoms with Crippen molar-refractivity contribution in [1.29, 1.82) is 0 Å². The molecular weight excluding hydrogens is 1170 g/mol.